The second-order valence-corrected chi connectivity index (χ2v) is 6.89. The number of amides is 2. The van der Waals surface area contributed by atoms with Gasteiger partial charge in [0.05, 0.1) is 12.7 Å². The van der Waals surface area contributed by atoms with Gasteiger partial charge in [0.15, 0.2) is 18.1 Å². The van der Waals surface area contributed by atoms with E-state index in [1.807, 2.05) is 19.1 Å². The number of carbonyl (C=O) groups is 2. The van der Waals surface area contributed by atoms with Gasteiger partial charge in [0.2, 0.25) is 0 Å². The van der Waals surface area contributed by atoms with Crippen LogP contribution in [-0.4, -0.2) is 49.6 Å². The minimum atomic E-state index is -0.126. The quantitative estimate of drug-likeness (QED) is 0.826. The van der Waals surface area contributed by atoms with Gasteiger partial charge in [-0.25, -0.2) is 0 Å². The van der Waals surface area contributed by atoms with Crippen LogP contribution in [0.1, 0.15) is 34.7 Å². The Morgan fingerprint density at radius 2 is 1.86 bits per heavy atom. The third-order valence-electron chi connectivity index (χ3n) is 4.89. The minimum absolute atomic E-state index is 0.0368. The zero-order chi connectivity index (χ0) is 20.1. The topological polar surface area (TPSA) is 81.0 Å². The SMILES string of the molecule is COc1ccccc1OCC(=O)N1CCC(NC(=O)c2cc(C)oc2C)CC1. The summed E-state index contributed by atoms with van der Waals surface area (Å²) in [4.78, 5) is 26.6. The molecule has 1 aromatic carbocycles. The Bertz CT molecular complexity index is 837. The molecule has 1 aliphatic rings. The number of hydrogen-bond donors (Lipinski definition) is 1. The first-order chi connectivity index (χ1) is 13.5. The molecule has 2 amide bonds. The van der Waals surface area contributed by atoms with Gasteiger partial charge in [-0.15, -0.1) is 0 Å². The van der Waals surface area contributed by atoms with E-state index in [0.717, 1.165) is 5.76 Å². The molecule has 150 valence electrons. The summed E-state index contributed by atoms with van der Waals surface area (Å²) in [5, 5.41) is 3.04. The molecule has 1 saturated heterocycles. The second-order valence-electron chi connectivity index (χ2n) is 6.89. The Kier molecular flexibility index (Phi) is 6.23. The minimum Gasteiger partial charge on any atom is -0.493 e. The lowest BCUT2D eigenvalue weighted by Gasteiger charge is -2.32. The van der Waals surface area contributed by atoms with Gasteiger partial charge in [0.25, 0.3) is 11.8 Å². The number of para-hydroxylation sites is 2. The number of nitrogens with one attached hydrogen (secondary N) is 1. The Balaban J connectivity index is 1.46. The van der Waals surface area contributed by atoms with Gasteiger partial charge in [0.1, 0.15) is 11.5 Å². The first-order valence-electron chi connectivity index (χ1n) is 9.39. The highest BCUT2D eigenvalue weighted by Gasteiger charge is 2.25. The summed E-state index contributed by atoms with van der Waals surface area (Å²) in [6, 6.07) is 9.03. The Labute approximate surface area is 164 Å². The molecule has 7 heteroatoms. The number of rotatable bonds is 6. The molecule has 0 aliphatic carbocycles. The molecule has 0 atom stereocenters. The van der Waals surface area contributed by atoms with Crippen LogP contribution in [0.3, 0.4) is 0 Å². The number of methoxy groups -OCH3 is 1. The van der Waals surface area contributed by atoms with E-state index in [4.69, 9.17) is 13.9 Å². The predicted molar refractivity (Wildman–Crippen MR) is 104 cm³/mol. The molecule has 0 spiro atoms. The molecule has 2 aromatic rings. The normalized spacial score (nSPS) is 14.6. The second kappa shape index (κ2) is 8.82. The van der Waals surface area contributed by atoms with Crippen molar-refractivity contribution in [3.05, 3.63) is 47.4 Å². The first-order valence-corrected chi connectivity index (χ1v) is 9.39. The van der Waals surface area contributed by atoms with Gasteiger partial charge in [-0.1, -0.05) is 12.1 Å². The number of piperidine rings is 1. The van der Waals surface area contributed by atoms with Gasteiger partial charge >= 0.3 is 0 Å². The number of benzene rings is 1. The van der Waals surface area contributed by atoms with Crippen molar-refractivity contribution in [1.29, 1.82) is 0 Å². The number of ether oxygens (including phenoxy) is 2. The summed E-state index contributed by atoms with van der Waals surface area (Å²) >= 11 is 0. The lowest BCUT2D eigenvalue weighted by Crippen LogP contribution is -2.47. The molecule has 1 aromatic heterocycles. The van der Waals surface area contributed by atoms with Crippen molar-refractivity contribution >= 4 is 11.8 Å². The van der Waals surface area contributed by atoms with E-state index in [1.54, 1.807) is 37.1 Å². The molecular formula is C21H26N2O5. The number of hydrogen-bond acceptors (Lipinski definition) is 5. The predicted octanol–water partition coefficient (Wildman–Crippen LogP) is 2.70. The van der Waals surface area contributed by atoms with Gasteiger partial charge in [-0.3, -0.25) is 9.59 Å². The highest BCUT2D eigenvalue weighted by molar-refractivity contribution is 5.95. The van der Waals surface area contributed by atoms with Crippen LogP contribution in [-0.2, 0) is 4.79 Å². The van der Waals surface area contributed by atoms with Crippen molar-refractivity contribution in [2.75, 3.05) is 26.8 Å². The summed E-state index contributed by atoms with van der Waals surface area (Å²) in [7, 11) is 1.56. The third-order valence-corrected chi connectivity index (χ3v) is 4.89. The van der Waals surface area contributed by atoms with Gasteiger partial charge in [0, 0.05) is 19.1 Å². The number of nitrogens with zero attached hydrogens (tertiary/aromatic N) is 1. The highest BCUT2D eigenvalue weighted by atomic mass is 16.5. The van der Waals surface area contributed by atoms with E-state index in [1.165, 1.54) is 0 Å². The Hall–Kier alpha value is -2.96. The molecule has 1 aliphatic heterocycles. The van der Waals surface area contributed by atoms with Gasteiger partial charge in [-0.05, 0) is 44.9 Å². The van der Waals surface area contributed by atoms with Crippen LogP contribution in [0.4, 0.5) is 0 Å². The van der Waals surface area contributed by atoms with Crippen molar-refractivity contribution in [2.45, 2.75) is 32.7 Å². The van der Waals surface area contributed by atoms with Crippen molar-refractivity contribution < 1.29 is 23.5 Å². The van der Waals surface area contributed by atoms with E-state index < -0.39 is 0 Å². The number of carbonyl (C=O) groups excluding carboxylic acids is 2. The van der Waals surface area contributed by atoms with Crippen LogP contribution in [0, 0.1) is 13.8 Å². The maximum absolute atomic E-state index is 12.4. The van der Waals surface area contributed by atoms with Crippen molar-refractivity contribution in [1.82, 2.24) is 10.2 Å². The van der Waals surface area contributed by atoms with E-state index in [0.29, 0.717) is 48.8 Å². The van der Waals surface area contributed by atoms with Crippen molar-refractivity contribution in [3.63, 3.8) is 0 Å². The van der Waals surface area contributed by atoms with Crippen LogP contribution in [0.15, 0.2) is 34.7 Å². The van der Waals surface area contributed by atoms with Crippen LogP contribution < -0.4 is 14.8 Å². The molecule has 0 bridgehead atoms. The molecule has 0 unspecified atom stereocenters. The smallest absolute Gasteiger partial charge is 0.260 e. The zero-order valence-corrected chi connectivity index (χ0v) is 16.5. The molecule has 1 fully saturated rings. The van der Waals surface area contributed by atoms with Gasteiger partial charge < -0.3 is 24.1 Å². The van der Waals surface area contributed by atoms with Crippen LogP contribution in [0.25, 0.3) is 0 Å². The monoisotopic (exact) mass is 386 g/mol. The molecule has 2 heterocycles. The van der Waals surface area contributed by atoms with E-state index in [-0.39, 0.29) is 24.5 Å². The number of aryl methyl sites for hydroxylation is 2. The zero-order valence-electron chi connectivity index (χ0n) is 16.5. The summed E-state index contributed by atoms with van der Waals surface area (Å²) in [6.07, 6.45) is 1.42. The first kappa shape index (κ1) is 19.8. The Morgan fingerprint density at radius 1 is 1.18 bits per heavy atom. The summed E-state index contributed by atoms with van der Waals surface area (Å²) in [6.45, 7) is 4.74. The average Bonchev–Trinajstić information content (AvgIpc) is 3.05. The van der Waals surface area contributed by atoms with Crippen molar-refractivity contribution in [2.24, 2.45) is 0 Å². The van der Waals surface area contributed by atoms with E-state index in [2.05, 4.69) is 5.32 Å². The fraction of sp³-hybridized carbons (Fsp3) is 0.429. The number of likely N-dealkylation sites (tertiary alicyclic amines) is 1. The summed E-state index contributed by atoms with van der Waals surface area (Å²) in [5.41, 5.74) is 0.571. The fourth-order valence-electron chi connectivity index (χ4n) is 3.36. The molecule has 28 heavy (non-hydrogen) atoms. The highest BCUT2D eigenvalue weighted by Crippen LogP contribution is 2.25. The van der Waals surface area contributed by atoms with Crippen LogP contribution in [0.2, 0.25) is 0 Å². The third kappa shape index (κ3) is 4.65. The fourth-order valence-corrected chi connectivity index (χ4v) is 3.36. The van der Waals surface area contributed by atoms with Crippen molar-refractivity contribution in [3.8, 4) is 11.5 Å². The molecule has 3 rings (SSSR count). The lowest BCUT2D eigenvalue weighted by molar-refractivity contribution is -0.134. The molecular weight excluding hydrogens is 360 g/mol. The summed E-state index contributed by atoms with van der Waals surface area (Å²) < 4.78 is 16.3. The maximum Gasteiger partial charge on any atom is 0.260 e. The van der Waals surface area contributed by atoms with Crippen LogP contribution >= 0.6 is 0 Å². The standard InChI is InChI=1S/C21H26N2O5/c1-14-12-17(15(2)28-14)21(25)22-16-8-10-23(11-9-16)20(24)13-27-19-7-5-4-6-18(19)26-3/h4-7,12,16H,8-11,13H2,1-3H3,(H,22,25). The molecule has 0 saturated carbocycles. The average molecular weight is 386 g/mol. The molecule has 7 nitrogen and oxygen atoms in total. The van der Waals surface area contributed by atoms with E-state index >= 15 is 0 Å². The van der Waals surface area contributed by atoms with Gasteiger partial charge in [-0.2, -0.15) is 0 Å². The number of furan rings is 1. The van der Waals surface area contributed by atoms with Crippen LogP contribution in [0.5, 0.6) is 11.5 Å². The maximum atomic E-state index is 12.4. The largest absolute Gasteiger partial charge is 0.493 e. The summed E-state index contributed by atoms with van der Waals surface area (Å²) in [5.74, 6) is 2.29. The molecule has 0 radical (unpaired) electrons. The lowest BCUT2D eigenvalue weighted by atomic mass is 10.0. The molecule has 1 N–H and O–H groups in total. The Morgan fingerprint density at radius 3 is 2.46 bits per heavy atom. The van der Waals surface area contributed by atoms with E-state index in [9.17, 15) is 9.59 Å².